The number of aliphatic imine (C=N–C) groups is 1. The minimum Gasteiger partial charge on any atom is -0.469 e. The summed E-state index contributed by atoms with van der Waals surface area (Å²) in [6.45, 7) is 1.55. The maximum Gasteiger partial charge on any atom is 0.191 e. The lowest BCUT2D eigenvalue weighted by Gasteiger charge is -2.11. The second-order valence-corrected chi connectivity index (χ2v) is 4.88. The SMILES string of the molecule is CN=C(NCCc1ccc(Cl)nc1)NCCc1ccco1. The molecular weight excluding hydrogens is 288 g/mol. The molecule has 112 valence electrons. The van der Waals surface area contributed by atoms with Crippen LogP contribution in [0.2, 0.25) is 5.15 Å². The Labute approximate surface area is 129 Å². The van der Waals surface area contributed by atoms with Gasteiger partial charge in [-0.25, -0.2) is 4.98 Å². The predicted molar refractivity (Wildman–Crippen MR) is 84.7 cm³/mol. The molecule has 0 spiro atoms. The Morgan fingerprint density at radius 3 is 2.67 bits per heavy atom. The first kappa shape index (κ1) is 15.4. The molecule has 5 nitrogen and oxygen atoms in total. The van der Waals surface area contributed by atoms with Crippen molar-refractivity contribution in [2.75, 3.05) is 20.1 Å². The van der Waals surface area contributed by atoms with E-state index in [1.165, 1.54) is 0 Å². The van der Waals surface area contributed by atoms with Gasteiger partial charge in [0.25, 0.3) is 0 Å². The van der Waals surface area contributed by atoms with Crippen LogP contribution in [-0.2, 0) is 12.8 Å². The van der Waals surface area contributed by atoms with E-state index in [2.05, 4.69) is 20.6 Å². The van der Waals surface area contributed by atoms with Gasteiger partial charge in [0.1, 0.15) is 10.9 Å². The average Bonchev–Trinajstić information content (AvgIpc) is 3.01. The zero-order valence-corrected chi connectivity index (χ0v) is 12.7. The number of halogens is 1. The molecule has 0 unspecified atom stereocenters. The fourth-order valence-corrected chi connectivity index (χ4v) is 1.97. The van der Waals surface area contributed by atoms with Crippen molar-refractivity contribution in [3.63, 3.8) is 0 Å². The summed E-state index contributed by atoms with van der Waals surface area (Å²) in [7, 11) is 1.76. The van der Waals surface area contributed by atoms with Crippen molar-refractivity contribution in [2.45, 2.75) is 12.8 Å². The van der Waals surface area contributed by atoms with Gasteiger partial charge in [0, 0.05) is 32.8 Å². The fourth-order valence-electron chi connectivity index (χ4n) is 1.86. The molecular formula is C15H19ClN4O. The highest BCUT2D eigenvalue weighted by Crippen LogP contribution is 2.05. The minimum absolute atomic E-state index is 0.516. The molecule has 0 saturated carbocycles. The zero-order valence-electron chi connectivity index (χ0n) is 12.0. The number of guanidine groups is 1. The van der Waals surface area contributed by atoms with Gasteiger partial charge in [0.2, 0.25) is 0 Å². The van der Waals surface area contributed by atoms with E-state index in [1.54, 1.807) is 25.6 Å². The number of rotatable bonds is 6. The van der Waals surface area contributed by atoms with Crippen LogP contribution in [0, 0.1) is 0 Å². The number of hydrogen-bond donors (Lipinski definition) is 2. The fraction of sp³-hybridized carbons (Fsp3) is 0.333. The summed E-state index contributed by atoms with van der Waals surface area (Å²) in [5.74, 6) is 1.74. The summed E-state index contributed by atoms with van der Waals surface area (Å²) in [5, 5.41) is 7.02. The number of nitrogens with zero attached hydrogens (tertiary/aromatic N) is 2. The first-order chi connectivity index (χ1) is 10.3. The summed E-state index contributed by atoms with van der Waals surface area (Å²) < 4.78 is 5.28. The third-order valence-corrected chi connectivity index (χ3v) is 3.19. The first-order valence-electron chi connectivity index (χ1n) is 6.85. The van der Waals surface area contributed by atoms with E-state index < -0.39 is 0 Å². The molecule has 0 bridgehead atoms. The van der Waals surface area contributed by atoms with Crippen LogP contribution in [0.25, 0.3) is 0 Å². The van der Waals surface area contributed by atoms with Crippen LogP contribution in [0.15, 0.2) is 46.1 Å². The monoisotopic (exact) mass is 306 g/mol. The van der Waals surface area contributed by atoms with E-state index in [1.807, 2.05) is 18.2 Å². The molecule has 2 rings (SSSR count). The van der Waals surface area contributed by atoms with Gasteiger partial charge < -0.3 is 15.1 Å². The lowest BCUT2D eigenvalue weighted by Crippen LogP contribution is -2.39. The summed E-state index contributed by atoms with van der Waals surface area (Å²) in [5.41, 5.74) is 1.14. The lowest BCUT2D eigenvalue weighted by molar-refractivity contribution is 0.507. The average molecular weight is 307 g/mol. The largest absolute Gasteiger partial charge is 0.469 e. The van der Waals surface area contributed by atoms with Crippen molar-refractivity contribution in [1.29, 1.82) is 0 Å². The third kappa shape index (κ3) is 5.47. The number of nitrogens with one attached hydrogen (secondary N) is 2. The van der Waals surface area contributed by atoms with E-state index in [-0.39, 0.29) is 0 Å². The van der Waals surface area contributed by atoms with Gasteiger partial charge in [-0.2, -0.15) is 0 Å². The van der Waals surface area contributed by atoms with Crippen LogP contribution in [-0.4, -0.2) is 31.1 Å². The standard InChI is InChI=1S/C15H19ClN4O/c1-17-15(19-9-7-13-3-2-10-21-13)18-8-6-12-4-5-14(16)20-11-12/h2-5,10-11H,6-9H2,1H3,(H2,17,18,19). The first-order valence-corrected chi connectivity index (χ1v) is 7.23. The highest BCUT2D eigenvalue weighted by Gasteiger charge is 2.00. The van der Waals surface area contributed by atoms with Gasteiger partial charge in [0.15, 0.2) is 5.96 Å². The van der Waals surface area contributed by atoms with Crippen LogP contribution in [0.5, 0.6) is 0 Å². The molecule has 0 aliphatic carbocycles. The number of furan rings is 1. The number of hydrogen-bond acceptors (Lipinski definition) is 3. The van der Waals surface area contributed by atoms with E-state index in [0.717, 1.165) is 43.2 Å². The van der Waals surface area contributed by atoms with Gasteiger partial charge in [-0.1, -0.05) is 17.7 Å². The highest BCUT2D eigenvalue weighted by atomic mass is 35.5. The molecule has 2 N–H and O–H groups in total. The zero-order chi connectivity index (χ0) is 14.9. The second kappa shape index (κ2) is 8.32. The summed E-state index contributed by atoms with van der Waals surface area (Å²) in [6.07, 6.45) is 5.16. The Morgan fingerprint density at radius 1 is 1.24 bits per heavy atom. The van der Waals surface area contributed by atoms with E-state index in [9.17, 15) is 0 Å². The molecule has 21 heavy (non-hydrogen) atoms. The van der Waals surface area contributed by atoms with Gasteiger partial charge in [-0.05, 0) is 30.2 Å². The van der Waals surface area contributed by atoms with Gasteiger partial charge in [-0.15, -0.1) is 0 Å². The van der Waals surface area contributed by atoms with Crippen molar-refractivity contribution >= 4 is 17.6 Å². The van der Waals surface area contributed by atoms with Crippen LogP contribution >= 0.6 is 11.6 Å². The smallest absolute Gasteiger partial charge is 0.191 e. The molecule has 0 fully saturated rings. The maximum atomic E-state index is 5.75. The Hall–Kier alpha value is -2.01. The highest BCUT2D eigenvalue weighted by molar-refractivity contribution is 6.29. The predicted octanol–water partition coefficient (Wildman–Crippen LogP) is 2.28. The Morgan fingerprint density at radius 2 is 2.05 bits per heavy atom. The summed E-state index contributed by atoms with van der Waals surface area (Å²) in [6, 6.07) is 7.63. The van der Waals surface area contributed by atoms with Crippen molar-refractivity contribution in [3.8, 4) is 0 Å². The van der Waals surface area contributed by atoms with Crippen LogP contribution in [0.4, 0.5) is 0 Å². The van der Waals surface area contributed by atoms with Crippen molar-refractivity contribution in [2.24, 2.45) is 4.99 Å². The quantitative estimate of drug-likeness (QED) is 0.488. The van der Waals surface area contributed by atoms with Crippen LogP contribution in [0.1, 0.15) is 11.3 Å². The molecule has 0 aliphatic rings. The van der Waals surface area contributed by atoms with E-state index >= 15 is 0 Å². The van der Waals surface area contributed by atoms with Gasteiger partial charge in [0.05, 0.1) is 6.26 Å². The summed E-state index contributed by atoms with van der Waals surface area (Å²) in [4.78, 5) is 8.24. The van der Waals surface area contributed by atoms with Gasteiger partial charge in [-0.3, -0.25) is 4.99 Å². The Balaban J connectivity index is 1.66. The lowest BCUT2D eigenvalue weighted by atomic mass is 10.2. The van der Waals surface area contributed by atoms with E-state index in [4.69, 9.17) is 16.0 Å². The Kier molecular flexibility index (Phi) is 6.09. The molecule has 0 atom stereocenters. The second-order valence-electron chi connectivity index (χ2n) is 4.49. The normalized spacial score (nSPS) is 11.4. The molecule has 0 saturated heterocycles. The third-order valence-electron chi connectivity index (χ3n) is 2.96. The number of aromatic nitrogens is 1. The molecule has 0 amide bonds. The molecule has 0 aliphatic heterocycles. The number of pyridine rings is 1. The molecule has 2 aromatic rings. The van der Waals surface area contributed by atoms with Crippen molar-refractivity contribution in [1.82, 2.24) is 15.6 Å². The Bertz CT molecular complexity index is 552. The summed E-state index contributed by atoms with van der Waals surface area (Å²) >= 11 is 5.75. The van der Waals surface area contributed by atoms with Crippen molar-refractivity contribution < 1.29 is 4.42 Å². The maximum absolute atomic E-state index is 5.75. The van der Waals surface area contributed by atoms with Crippen molar-refractivity contribution in [3.05, 3.63) is 53.2 Å². The van der Waals surface area contributed by atoms with Gasteiger partial charge >= 0.3 is 0 Å². The van der Waals surface area contributed by atoms with E-state index in [0.29, 0.717) is 5.15 Å². The molecule has 2 heterocycles. The topological polar surface area (TPSA) is 62.5 Å². The molecule has 2 aromatic heterocycles. The van der Waals surface area contributed by atoms with Crippen LogP contribution in [0.3, 0.4) is 0 Å². The minimum atomic E-state index is 0.516. The molecule has 0 aromatic carbocycles. The molecule has 6 heteroatoms. The van der Waals surface area contributed by atoms with Crippen LogP contribution < -0.4 is 10.6 Å². The molecule has 0 radical (unpaired) electrons.